The van der Waals surface area contributed by atoms with E-state index >= 15 is 0 Å². The quantitative estimate of drug-likeness (QED) is 0.348. The first-order valence-electron chi connectivity index (χ1n) is 11.8. The minimum Gasteiger partial charge on any atom is -0.442 e. The lowest BCUT2D eigenvalue weighted by Gasteiger charge is -2.30. The first-order valence-corrected chi connectivity index (χ1v) is 13.0. The minimum atomic E-state index is -4.89. The van der Waals surface area contributed by atoms with Crippen molar-refractivity contribution in [2.24, 2.45) is 11.1 Å². The van der Waals surface area contributed by atoms with Gasteiger partial charge in [0.2, 0.25) is 5.91 Å². The first kappa shape index (κ1) is 30.8. The number of hydrogen-bond acceptors (Lipinski definition) is 5. The summed E-state index contributed by atoms with van der Waals surface area (Å²) in [7, 11) is 0. The van der Waals surface area contributed by atoms with Crippen LogP contribution in [0.4, 0.5) is 23.7 Å². The maximum absolute atomic E-state index is 14.4. The van der Waals surface area contributed by atoms with Gasteiger partial charge >= 0.3 is 12.3 Å². The van der Waals surface area contributed by atoms with Crippen LogP contribution >= 0.6 is 34.8 Å². The number of ether oxygens (including phenoxy) is 1. The standard InChI is InChI=1S/C26H27Cl3F3N3O4/c1-14(2)8-22(36)33-35(23(37)38-24(3,4)5)21-9-15(6-7-19(21)29)20-13-25(39-34-20,26(30,31)32)16-10-17(27)12-18(28)11-16/h6-7,9-12,14H,8,13H2,1-5H3,(H,33,36). The monoisotopic (exact) mass is 607 g/mol. The molecule has 0 fully saturated rings. The zero-order valence-electron chi connectivity index (χ0n) is 21.8. The van der Waals surface area contributed by atoms with E-state index in [-0.39, 0.29) is 49.9 Å². The Labute approximate surface area is 239 Å². The van der Waals surface area contributed by atoms with Gasteiger partial charge in [-0.1, -0.05) is 59.9 Å². The molecule has 13 heteroatoms. The van der Waals surface area contributed by atoms with Crippen molar-refractivity contribution in [3.8, 4) is 0 Å². The summed E-state index contributed by atoms with van der Waals surface area (Å²) in [6.45, 7) is 8.56. The van der Waals surface area contributed by atoms with Crippen LogP contribution in [0.15, 0.2) is 41.6 Å². The van der Waals surface area contributed by atoms with E-state index in [1.165, 1.54) is 24.3 Å². The molecule has 39 heavy (non-hydrogen) atoms. The van der Waals surface area contributed by atoms with Gasteiger partial charge in [-0.15, -0.1) is 0 Å². The van der Waals surface area contributed by atoms with E-state index in [9.17, 15) is 22.8 Å². The Bertz CT molecular complexity index is 1280. The molecule has 3 rings (SSSR count). The highest BCUT2D eigenvalue weighted by atomic mass is 35.5. The molecule has 0 aromatic heterocycles. The number of oxime groups is 1. The molecule has 0 saturated heterocycles. The van der Waals surface area contributed by atoms with E-state index in [4.69, 9.17) is 44.4 Å². The number of halogens is 6. The van der Waals surface area contributed by atoms with Crippen molar-refractivity contribution in [2.75, 3.05) is 5.01 Å². The molecule has 1 atom stereocenters. The van der Waals surface area contributed by atoms with Crippen LogP contribution in [-0.2, 0) is 20.0 Å². The number of benzene rings is 2. The second kappa shape index (κ2) is 11.4. The summed E-state index contributed by atoms with van der Waals surface area (Å²) in [5, 5.41) is 4.59. The van der Waals surface area contributed by atoms with Crippen LogP contribution in [-0.4, -0.2) is 29.5 Å². The van der Waals surface area contributed by atoms with Gasteiger partial charge in [-0.25, -0.2) is 4.79 Å². The Morgan fingerprint density at radius 1 is 1.10 bits per heavy atom. The molecule has 1 aliphatic heterocycles. The van der Waals surface area contributed by atoms with E-state index in [2.05, 4.69) is 10.6 Å². The summed E-state index contributed by atoms with van der Waals surface area (Å²) in [6, 6.07) is 7.64. The van der Waals surface area contributed by atoms with Crippen LogP contribution in [0.3, 0.4) is 0 Å². The van der Waals surface area contributed by atoms with Crippen LogP contribution in [0.5, 0.6) is 0 Å². The number of carbonyl (C=O) groups excluding carboxylic acids is 2. The van der Waals surface area contributed by atoms with Gasteiger partial charge in [0.15, 0.2) is 0 Å². The Morgan fingerprint density at radius 2 is 1.72 bits per heavy atom. The SMILES string of the molecule is CC(C)CC(=O)NN(C(=O)OC(C)(C)C)c1cc(C2=NOC(c3cc(Cl)cc(Cl)c3)(C(F)(F)F)C2)ccc1Cl. The maximum Gasteiger partial charge on any atom is 0.435 e. The fourth-order valence-electron chi connectivity index (χ4n) is 3.76. The van der Waals surface area contributed by atoms with Crippen LogP contribution < -0.4 is 10.4 Å². The maximum atomic E-state index is 14.4. The van der Waals surface area contributed by atoms with Gasteiger partial charge in [-0.2, -0.15) is 18.2 Å². The summed E-state index contributed by atoms with van der Waals surface area (Å²) in [5.41, 5.74) is -1.56. The summed E-state index contributed by atoms with van der Waals surface area (Å²) >= 11 is 18.3. The molecule has 7 nitrogen and oxygen atoms in total. The number of amides is 2. The highest BCUT2D eigenvalue weighted by Gasteiger charge is 2.62. The second-order valence-electron chi connectivity index (χ2n) is 10.4. The third-order valence-corrected chi connectivity index (χ3v) is 6.20. The Hall–Kier alpha value is -2.69. The summed E-state index contributed by atoms with van der Waals surface area (Å²) in [5.74, 6) is -0.513. The molecule has 1 heterocycles. The van der Waals surface area contributed by atoms with Crippen LogP contribution in [0, 0.1) is 5.92 Å². The zero-order valence-corrected chi connectivity index (χ0v) is 24.0. The fraction of sp³-hybridized carbons (Fsp3) is 0.423. The molecule has 1 unspecified atom stereocenters. The Kier molecular flexibility index (Phi) is 9.04. The predicted octanol–water partition coefficient (Wildman–Crippen LogP) is 8.05. The number of rotatable bonds is 5. The molecule has 2 aromatic carbocycles. The highest BCUT2D eigenvalue weighted by molar-refractivity contribution is 6.35. The molecule has 0 aliphatic carbocycles. The minimum absolute atomic E-state index is 0.00269. The van der Waals surface area contributed by atoms with Gasteiger partial charge < -0.3 is 9.57 Å². The Morgan fingerprint density at radius 3 is 2.26 bits per heavy atom. The van der Waals surface area contributed by atoms with E-state index in [1.807, 2.05) is 13.8 Å². The third-order valence-electron chi connectivity index (χ3n) is 5.44. The number of carbonyl (C=O) groups is 2. The highest BCUT2D eigenvalue weighted by Crippen LogP contribution is 2.50. The van der Waals surface area contributed by atoms with Crippen LogP contribution in [0.2, 0.25) is 15.1 Å². The Balaban J connectivity index is 2.03. The van der Waals surface area contributed by atoms with Crippen molar-refractivity contribution in [3.63, 3.8) is 0 Å². The smallest absolute Gasteiger partial charge is 0.435 e. The van der Waals surface area contributed by atoms with Crippen molar-refractivity contribution >= 4 is 58.2 Å². The third kappa shape index (κ3) is 7.29. The lowest BCUT2D eigenvalue weighted by Crippen LogP contribution is -2.49. The molecule has 0 radical (unpaired) electrons. The molecule has 0 spiro atoms. The average Bonchev–Trinajstić information content (AvgIpc) is 3.23. The van der Waals surface area contributed by atoms with Crippen molar-refractivity contribution in [1.29, 1.82) is 0 Å². The average molecular weight is 609 g/mol. The van der Waals surface area contributed by atoms with Crippen LogP contribution in [0.25, 0.3) is 0 Å². The van der Waals surface area contributed by atoms with E-state index in [1.54, 1.807) is 20.8 Å². The summed E-state index contributed by atoms with van der Waals surface area (Å²) in [4.78, 5) is 30.7. The lowest BCUT2D eigenvalue weighted by atomic mass is 9.86. The number of nitrogens with one attached hydrogen (secondary N) is 1. The van der Waals surface area contributed by atoms with E-state index in [0.717, 1.165) is 17.1 Å². The summed E-state index contributed by atoms with van der Waals surface area (Å²) < 4.78 is 48.7. The number of anilines is 1. The normalized spacial score (nSPS) is 17.5. The number of hydrazine groups is 1. The molecule has 212 valence electrons. The van der Waals surface area contributed by atoms with E-state index < -0.39 is 35.8 Å². The summed E-state index contributed by atoms with van der Waals surface area (Å²) in [6.07, 6.45) is -6.47. The van der Waals surface area contributed by atoms with Gasteiger partial charge in [0.1, 0.15) is 5.60 Å². The first-order chi connectivity index (χ1) is 17.9. The predicted molar refractivity (Wildman–Crippen MR) is 144 cm³/mol. The fourth-order valence-corrected chi connectivity index (χ4v) is 4.49. The van der Waals surface area contributed by atoms with Gasteiger partial charge in [0.05, 0.1) is 16.4 Å². The second-order valence-corrected chi connectivity index (χ2v) is 11.7. The molecule has 2 aromatic rings. The van der Waals surface area contributed by atoms with Gasteiger partial charge in [0, 0.05) is 34.0 Å². The van der Waals surface area contributed by atoms with Crippen molar-refractivity contribution in [2.45, 2.75) is 64.8 Å². The molecule has 1 aliphatic rings. The molecular formula is C26H27Cl3F3N3O4. The topological polar surface area (TPSA) is 80.2 Å². The molecular weight excluding hydrogens is 582 g/mol. The van der Waals surface area contributed by atoms with Crippen molar-refractivity contribution < 1.29 is 32.3 Å². The molecule has 1 N–H and O–H groups in total. The largest absolute Gasteiger partial charge is 0.442 e. The molecule has 0 bridgehead atoms. The van der Waals surface area contributed by atoms with Crippen LogP contribution in [0.1, 0.15) is 58.6 Å². The zero-order chi connectivity index (χ0) is 29.3. The number of alkyl halides is 3. The molecule has 0 saturated carbocycles. The van der Waals surface area contributed by atoms with Crippen molar-refractivity contribution in [1.82, 2.24) is 5.43 Å². The lowest BCUT2D eigenvalue weighted by molar-refractivity contribution is -0.275. The number of nitrogens with zero attached hydrogens (tertiary/aromatic N) is 2. The van der Waals surface area contributed by atoms with Gasteiger partial charge in [0.25, 0.3) is 5.60 Å². The molecule has 2 amide bonds. The van der Waals surface area contributed by atoms with E-state index in [0.29, 0.717) is 0 Å². The van der Waals surface area contributed by atoms with Gasteiger partial charge in [-0.3, -0.25) is 10.2 Å². The van der Waals surface area contributed by atoms with Gasteiger partial charge in [-0.05, 0) is 57.0 Å². The number of hydrogen-bond donors (Lipinski definition) is 1. The van der Waals surface area contributed by atoms with Crippen molar-refractivity contribution in [3.05, 3.63) is 62.6 Å².